The summed E-state index contributed by atoms with van der Waals surface area (Å²) in [4.78, 5) is 52.1. The van der Waals surface area contributed by atoms with Gasteiger partial charge in [-0.05, 0) is 50.8 Å². The van der Waals surface area contributed by atoms with Gasteiger partial charge in [0.15, 0.2) is 6.10 Å². The van der Waals surface area contributed by atoms with Crippen molar-refractivity contribution in [1.29, 1.82) is 0 Å². The molecule has 1 heterocycles. The van der Waals surface area contributed by atoms with Crippen LogP contribution in [0.25, 0.3) is 0 Å². The topological polar surface area (TPSA) is 92.8 Å². The van der Waals surface area contributed by atoms with Crippen molar-refractivity contribution in [3.05, 3.63) is 34.9 Å². The Hall–Kier alpha value is -2.70. The van der Waals surface area contributed by atoms with Gasteiger partial charge in [0.25, 0.3) is 17.7 Å². The van der Waals surface area contributed by atoms with Gasteiger partial charge in [0.1, 0.15) is 0 Å². The van der Waals surface area contributed by atoms with Gasteiger partial charge < -0.3 is 10.1 Å². The molecule has 0 saturated heterocycles. The molecule has 2 aliphatic carbocycles. The molecule has 1 N–H and O–H groups in total. The first kappa shape index (κ1) is 21.5. The average Bonchev–Trinajstić information content (AvgIpc) is 3.04. The molecule has 1 unspecified atom stereocenters. The molecule has 2 saturated carbocycles. The van der Waals surface area contributed by atoms with Gasteiger partial charge in [-0.3, -0.25) is 19.3 Å². The third-order valence-electron chi connectivity index (χ3n) is 6.70. The lowest BCUT2D eigenvalue weighted by atomic mass is 9.94. The molecule has 0 bridgehead atoms. The number of fused-ring (bicyclic) bond motifs is 1. The molecule has 2 fully saturated rings. The first-order chi connectivity index (χ1) is 15.0. The Labute approximate surface area is 182 Å². The molecule has 4 rings (SSSR count). The minimum Gasteiger partial charge on any atom is -0.449 e. The molecule has 1 aliphatic heterocycles. The van der Waals surface area contributed by atoms with E-state index in [-0.39, 0.29) is 40.9 Å². The third-order valence-corrected chi connectivity index (χ3v) is 6.70. The van der Waals surface area contributed by atoms with E-state index >= 15 is 0 Å². The van der Waals surface area contributed by atoms with E-state index in [1.165, 1.54) is 29.5 Å². The van der Waals surface area contributed by atoms with Gasteiger partial charge in [-0.2, -0.15) is 0 Å². The Balaban J connectivity index is 1.41. The predicted molar refractivity (Wildman–Crippen MR) is 114 cm³/mol. The second-order valence-corrected chi connectivity index (χ2v) is 8.92. The maximum atomic E-state index is 12.9. The lowest BCUT2D eigenvalue weighted by Crippen LogP contribution is -2.42. The van der Waals surface area contributed by atoms with Gasteiger partial charge in [-0.25, -0.2) is 4.79 Å². The van der Waals surface area contributed by atoms with Gasteiger partial charge in [-0.15, -0.1) is 0 Å². The Kier molecular flexibility index (Phi) is 6.39. The number of carbonyl (C=O) groups is 4. The minimum absolute atomic E-state index is 0.0694. The molecular weight excluding hydrogens is 396 g/mol. The van der Waals surface area contributed by atoms with Crippen LogP contribution < -0.4 is 5.32 Å². The molecule has 7 heteroatoms. The van der Waals surface area contributed by atoms with Crippen molar-refractivity contribution in [1.82, 2.24) is 10.2 Å². The fraction of sp³-hybridized carbons (Fsp3) is 0.583. The van der Waals surface area contributed by atoms with Crippen LogP contribution in [0.2, 0.25) is 0 Å². The van der Waals surface area contributed by atoms with E-state index < -0.39 is 12.1 Å². The smallest absolute Gasteiger partial charge is 0.338 e. The van der Waals surface area contributed by atoms with E-state index in [0.717, 1.165) is 57.8 Å². The molecule has 31 heavy (non-hydrogen) atoms. The van der Waals surface area contributed by atoms with E-state index in [0.29, 0.717) is 5.56 Å². The largest absolute Gasteiger partial charge is 0.449 e. The van der Waals surface area contributed by atoms with Crippen LogP contribution in [0, 0.1) is 0 Å². The maximum absolute atomic E-state index is 12.9. The summed E-state index contributed by atoms with van der Waals surface area (Å²) in [5, 5.41) is 2.95. The number of esters is 1. The molecule has 3 amide bonds. The summed E-state index contributed by atoms with van der Waals surface area (Å²) in [6, 6.07) is 4.49. The molecule has 0 radical (unpaired) electrons. The lowest BCUT2D eigenvalue weighted by Gasteiger charge is -2.29. The SMILES string of the molecule is CC(OC(=O)c1ccc2c(c1)C(=O)N(C1CCCCC1)C2=O)C(=O)NC1CCCCC1. The highest BCUT2D eigenvalue weighted by Crippen LogP contribution is 2.31. The number of carbonyl (C=O) groups excluding carboxylic acids is 4. The predicted octanol–water partition coefficient (Wildman–Crippen LogP) is 3.61. The Morgan fingerprint density at radius 2 is 1.55 bits per heavy atom. The fourth-order valence-electron chi connectivity index (χ4n) is 4.90. The van der Waals surface area contributed by atoms with Gasteiger partial charge in [0, 0.05) is 12.1 Å². The highest BCUT2D eigenvalue weighted by Gasteiger charge is 2.40. The molecule has 1 atom stereocenters. The van der Waals surface area contributed by atoms with Crippen molar-refractivity contribution in [3.8, 4) is 0 Å². The number of hydrogen-bond donors (Lipinski definition) is 1. The van der Waals surface area contributed by atoms with Crippen molar-refractivity contribution in [2.75, 3.05) is 0 Å². The number of hydrogen-bond acceptors (Lipinski definition) is 5. The lowest BCUT2D eigenvalue weighted by molar-refractivity contribution is -0.130. The molecule has 1 aromatic rings. The van der Waals surface area contributed by atoms with E-state index in [1.807, 2.05) is 0 Å². The van der Waals surface area contributed by atoms with Gasteiger partial charge in [0.05, 0.1) is 16.7 Å². The van der Waals surface area contributed by atoms with Gasteiger partial charge in [0.2, 0.25) is 0 Å². The van der Waals surface area contributed by atoms with Gasteiger partial charge >= 0.3 is 5.97 Å². The summed E-state index contributed by atoms with van der Waals surface area (Å²) < 4.78 is 5.34. The number of ether oxygens (including phenoxy) is 1. The van der Waals surface area contributed by atoms with E-state index in [4.69, 9.17) is 4.74 Å². The Bertz CT molecular complexity index is 884. The van der Waals surface area contributed by atoms with E-state index in [9.17, 15) is 19.2 Å². The zero-order valence-corrected chi connectivity index (χ0v) is 18.0. The molecule has 0 aromatic heterocycles. The van der Waals surface area contributed by atoms with Crippen molar-refractivity contribution in [2.24, 2.45) is 0 Å². The fourth-order valence-corrected chi connectivity index (χ4v) is 4.90. The molecule has 166 valence electrons. The molecular formula is C24H30N2O5. The van der Waals surface area contributed by atoms with Crippen molar-refractivity contribution < 1.29 is 23.9 Å². The normalized spacial score (nSPS) is 21.0. The minimum atomic E-state index is -0.932. The second-order valence-electron chi connectivity index (χ2n) is 8.92. The second kappa shape index (κ2) is 9.20. The summed E-state index contributed by atoms with van der Waals surface area (Å²) in [5.41, 5.74) is 0.738. The summed E-state index contributed by atoms with van der Waals surface area (Å²) >= 11 is 0. The van der Waals surface area contributed by atoms with Crippen molar-refractivity contribution in [3.63, 3.8) is 0 Å². The van der Waals surface area contributed by atoms with Crippen LogP contribution in [0.4, 0.5) is 0 Å². The Morgan fingerprint density at radius 3 is 2.23 bits per heavy atom. The maximum Gasteiger partial charge on any atom is 0.338 e. The van der Waals surface area contributed by atoms with Crippen LogP contribution in [0.1, 0.15) is 102 Å². The monoisotopic (exact) mass is 426 g/mol. The zero-order chi connectivity index (χ0) is 22.0. The van der Waals surface area contributed by atoms with Crippen molar-refractivity contribution >= 4 is 23.7 Å². The van der Waals surface area contributed by atoms with Crippen LogP contribution in [-0.4, -0.2) is 46.8 Å². The van der Waals surface area contributed by atoms with E-state index in [2.05, 4.69) is 5.32 Å². The first-order valence-electron chi connectivity index (χ1n) is 11.5. The van der Waals surface area contributed by atoms with Crippen LogP contribution in [-0.2, 0) is 9.53 Å². The number of benzene rings is 1. The van der Waals surface area contributed by atoms with Gasteiger partial charge in [-0.1, -0.05) is 38.5 Å². The van der Waals surface area contributed by atoms with Crippen LogP contribution >= 0.6 is 0 Å². The van der Waals surface area contributed by atoms with Crippen molar-refractivity contribution in [2.45, 2.75) is 89.3 Å². The Morgan fingerprint density at radius 1 is 0.935 bits per heavy atom. The summed E-state index contributed by atoms with van der Waals surface area (Å²) in [5.74, 6) is -1.61. The number of nitrogens with one attached hydrogen (secondary N) is 1. The molecule has 3 aliphatic rings. The molecule has 7 nitrogen and oxygen atoms in total. The number of rotatable bonds is 5. The summed E-state index contributed by atoms with van der Waals surface area (Å²) in [7, 11) is 0. The average molecular weight is 427 g/mol. The quantitative estimate of drug-likeness (QED) is 0.574. The summed E-state index contributed by atoms with van der Waals surface area (Å²) in [6.45, 7) is 1.54. The highest BCUT2D eigenvalue weighted by atomic mass is 16.5. The highest BCUT2D eigenvalue weighted by molar-refractivity contribution is 6.22. The van der Waals surface area contributed by atoms with Crippen LogP contribution in [0.5, 0.6) is 0 Å². The van der Waals surface area contributed by atoms with E-state index in [1.54, 1.807) is 6.92 Å². The standard InChI is InChI=1S/C24H30N2O5/c1-15(21(27)25-17-8-4-2-5-9-17)31-24(30)16-12-13-19-20(14-16)23(29)26(22(19)28)18-10-6-3-7-11-18/h12-15,17-18H,2-11H2,1H3,(H,25,27). The van der Waals surface area contributed by atoms with Crippen LogP contribution in [0.15, 0.2) is 18.2 Å². The number of amides is 3. The molecule has 0 spiro atoms. The first-order valence-corrected chi connectivity index (χ1v) is 11.5. The summed E-state index contributed by atoms with van der Waals surface area (Å²) in [6.07, 6.45) is 9.15. The number of nitrogens with zero attached hydrogens (tertiary/aromatic N) is 1. The molecule has 1 aromatic carbocycles. The number of imide groups is 1. The van der Waals surface area contributed by atoms with Crippen LogP contribution in [0.3, 0.4) is 0 Å². The third kappa shape index (κ3) is 4.50. The zero-order valence-electron chi connectivity index (χ0n) is 18.0.